The van der Waals surface area contributed by atoms with Crippen molar-refractivity contribution in [2.24, 2.45) is 7.05 Å². The number of hydrogen-bond donors (Lipinski definition) is 1. The molecule has 3 heterocycles. The van der Waals surface area contributed by atoms with Crippen LogP contribution >= 0.6 is 0 Å². The fourth-order valence-electron chi connectivity index (χ4n) is 3.38. The van der Waals surface area contributed by atoms with Gasteiger partial charge in [-0.2, -0.15) is 0 Å². The molecule has 0 radical (unpaired) electrons. The van der Waals surface area contributed by atoms with Gasteiger partial charge < -0.3 is 15.0 Å². The van der Waals surface area contributed by atoms with Crippen LogP contribution in [0, 0.1) is 11.5 Å². The summed E-state index contributed by atoms with van der Waals surface area (Å²) in [6.07, 6.45) is 1.61. The number of ether oxygens (including phenoxy) is 1. The molecule has 31 heavy (non-hydrogen) atoms. The lowest BCUT2D eigenvalue weighted by atomic mass is 10.1. The van der Waals surface area contributed by atoms with Gasteiger partial charge >= 0.3 is 6.09 Å². The highest BCUT2D eigenvalue weighted by Gasteiger charge is 2.35. The minimum Gasteiger partial charge on any atom is -0.443 e. The van der Waals surface area contributed by atoms with E-state index in [2.05, 4.69) is 36.1 Å². The number of rotatable bonds is 1. The Labute approximate surface area is 184 Å². The van der Waals surface area contributed by atoms with Gasteiger partial charge in [0.2, 0.25) is 0 Å². The van der Waals surface area contributed by atoms with E-state index in [1.807, 2.05) is 17.7 Å². The van der Waals surface area contributed by atoms with Crippen LogP contribution in [0.4, 0.5) is 10.6 Å². The zero-order chi connectivity index (χ0) is 23.1. The number of pyridine rings is 1. The number of aromatic nitrogens is 2. The summed E-state index contributed by atoms with van der Waals surface area (Å²) in [5.74, 6) is 3.29. The summed E-state index contributed by atoms with van der Waals surface area (Å²) in [7, 11) is 0.321. The molecule has 2 aromatic heterocycles. The molecule has 3 rings (SSSR count). The van der Waals surface area contributed by atoms with Crippen LogP contribution in [0.2, 0.25) is 19.6 Å². The van der Waals surface area contributed by atoms with Crippen molar-refractivity contribution < 1.29 is 14.3 Å². The first-order valence-corrected chi connectivity index (χ1v) is 13.8. The van der Waals surface area contributed by atoms with Crippen LogP contribution in [0.3, 0.4) is 0 Å². The predicted octanol–water partition coefficient (Wildman–Crippen LogP) is 3.83. The summed E-state index contributed by atoms with van der Waals surface area (Å²) in [6, 6.07) is 3.59. The van der Waals surface area contributed by atoms with Crippen molar-refractivity contribution in [1.82, 2.24) is 14.5 Å². The standard InChI is InChI=1S/C23H30N4O3Si/c1-23(2,3)30-22(29)27-10-8-18-17(21(27)28)12-19(26(18)4)16-13-20(24)25-14-15(16)9-11-31(5,6)7/h12-14H,8,10H2,1-7H3,(H2,24,25). The Balaban J connectivity index is 2.04. The molecule has 0 saturated carbocycles. The monoisotopic (exact) mass is 438 g/mol. The van der Waals surface area contributed by atoms with Crippen molar-refractivity contribution >= 4 is 25.9 Å². The van der Waals surface area contributed by atoms with E-state index in [0.717, 1.165) is 22.5 Å². The molecule has 0 fully saturated rings. The third kappa shape index (κ3) is 4.99. The van der Waals surface area contributed by atoms with E-state index in [-0.39, 0.29) is 12.5 Å². The molecular weight excluding hydrogens is 408 g/mol. The van der Waals surface area contributed by atoms with Crippen LogP contribution in [0.1, 0.15) is 42.4 Å². The number of carbonyl (C=O) groups excluding carboxylic acids is 2. The Hall–Kier alpha value is -3.05. The Morgan fingerprint density at radius 1 is 1.23 bits per heavy atom. The maximum absolute atomic E-state index is 13.1. The third-order valence-electron chi connectivity index (χ3n) is 4.79. The van der Waals surface area contributed by atoms with Crippen molar-refractivity contribution in [2.45, 2.75) is 52.4 Å². The van der Waals surface area contributed by atoms with Crippen LogP contribution in [0.5, 0.6) is 0 Å². The fourth-order valence-corrected chi connectivity index (χ4v) is 3.89. The molecule has 1 aliphatic rings. The van der Waals surface area contributed by atoms with Gasteiger partial charge in [0, 0.05) is 37.5 Å². The lowest BCUT2D eigenvalue weighted by Gasteiger charge is -2.28. The van der Waals surface area contributed by atoms with Crippen LogP contribution in [0.15, 0.2) is 18.3 Å². The minimum absolute atomic E-state index is 0.277. The molecule has 0 atom stereocenters. The highest BCUT2D eigenvalue weighted by molar-refractivity contribution is 6.83. The lowest BCUT2D eigenvalue weighted by Crippen LogP contribution is -2.44. The van der Waals surface area contributed by atoms with Crippen molar-refractivity contribution in [2.75, 3.05) is 12.3 Å². The molecule has 0 unspecified atom stereocenters. The van der Waals surface area contributed by atoms with Gasteiger partial charge in [-0.25, -0.2) is 14.7 Å². The lowest BCUT2D eigenvalue weighted by molar-refractivity contribution is 0.0232. The van der Waals surface area contributed by atoms with Gasteiger partial charge in [-0.3, -0.25) is 4.79 Å². The number of fused-ring (bicyclic) bond motifs is 1. The highest BCUT2D eigenvalue weighted by atomic mass is 28.3. The van der Waals surface area contributed by atoms with E-state index in [0.29, 0.717) is 17.8 Å². The minimum atomic E-state index is -1.59. The Kier molecular flexibility index (Phi) is 5.76. The van der Waals surface area contributed by atoms with E-state index >= 15 is 0 Å². The Bertz CT molecular complexity index is 1110. The maximum Gasteiger partial charge on any atom is 0.417 e. The number of anilines is 1. The van der Waals surface area contributed by atoms with Gasteiger partial charge in [0.15, 0.2) is 0 Å². The summed E-state index contributed by atoms with van der Waals surface area (Å²) in [5, 5.41) is 0. The van der Waals surface area contributed by atoms with Gasteiger partial charge in [0.1, 0.15) is 19.5 Å². The molecular formula is C23H30N4O3Si. The predicted molar refractivity (Wildman–Crippen MR) is 124 cm³/mol. The fraction of sp³-hybridized carbons (Fsp3) is 0.435. The molecule has 0 saturated heterocycles. The second-order valence-electron chi connectivity index (χ2n) is 9.79. The molecule has 1 aliphatic heterocycles. The third-order valence-corrected chi connectivity index (χ3v) is 5.67. The van der Waals surface area contributed by atoms with E-state index in [1.165, 1.54) is 4.90 Å². The van der Waals surface area contributed by atoms with Crippen LogP contribution in [-0.2, 0) is 18.2 Å². The number of nitrogens with zero attached hydrogens (tertiary/aromatic N) is 3. The molecule has 7 nitrogen and oxygen atoms in total. The van der Waals surface area contributed by atoms with Gasteiger partial charge in [0.05, 0.1) is 16.8 Å². The second-order valence-corrected chi connectivity index (χ2v) is 14.5. The van der Waals surface area contributed by atoms with E-state index in [9.17, 15) is 9.59 Å². The molecule has 164 valence electrons. The molecule has 2 N–H and O–H groups in total. The summed E-state index contributed by atoms with van der Waals surface area (Å²) >= 11 is 0. The Morgan fingerprint density at radius 2 is 1.90 bits per heavy atom. The Morgan fingerprint density at radius 3 is 2.52 bits per heavy atom. The van der Waals surface area contributed by atoms with Crippen molar-refractivity contribution in [3.05, 3.63) is 35.2 Å². The zero-order valence-corrected chi connectivity index (χ0v) is 20.3. The molecule has 0 aliphatic carbocycles. The normalized spacial score (nSPS) is 14.0. The average molecular weight is 439 g/mol. The van der Waals surface area contributed by atoms with Crippen molar-refractivity contribution in [3.63, 3.8) is 0 Å². The number of hydrogen-bond acceptors (Lipinski definition) is 5. The second kappa shape index (κ2) is 7.89. The summed E-state index contributed by atoms with van der Waals surface area (Å²) in [5.41, 5.74) is 12.4. The number of nitrogens with two attached hydrogens (primary N) is 1. The number of imide groups is 1. The topological polar surface area (TPSA) is 90.5 Å². The number of carbonyl (C=O) groups is 2. The smallest absolute Gasteiger partial charge is 0.417 e. The molecule has 2 amide bonds. The van der Waals surface area contributed by atoms with Gasteiger partial charge in [0.25, 0.3) is 5.91 Å². The van der Waals surface area contributed by atoms with Crippen LogP contribution < -0.4 is 5.73 Å². The van der Waals surface area contributed by atoms with Gasteiger partial charge in [-0.1, -0.05) is 25.6 Å². The summed E-state index contributed by atoms with van der Waals surface area (Å²) in [6.45, 7) is 12.1. The van der Waals surface area contributed by atoms with Crippen molar-refractivity contribution in [3.8, 4) is 22.7 Å². The van der Waals surface area contributed by atoms with E-state index in [1.54, 1.807) is 33.0 Å². The zero-order valence-electron chi connectivity index (χ0n) is 19.3. The molecule has 0 spiro atoms. The SMILES string of the molecule is Cn1c(-c2cc(N)ncc2C#C[Si](C)(C)C)cc2c1CCN(C(=O)OC(C)(C)C)C2=O. The van der Waals surface area contributed by atoms with E-state index in [4.69, 9.17) is 10.5 Å². The first-order chi connectivity index (χ1) is 14.3. The molecule has 0 bridgehead atoms. The quantitative estimate of drug-likeness (QED) is 0.540. The van der Waals surface area contributed by atoms with Crippen molar-refractivity contribution in [1.29, 1.82) is 0 Å². The maximum atomic E-state index is 13.1. The summed E-state index contributed by atoms with van der Waals surface area (Å²) < 4.78 is 7.38. The van der Waals surface area contributed by atoms with Gasteiger partial charge in [-0.15, -0.1) is 5.54 Å². The van der Waals surface area contributed by atoms with E-state index < -0.39 is 19.8 Å². The average Bonchev–Trinajstić information content (AvgIpc) is 2.96. The molecule has 0 aromatic carbocycles. The highest BCUT2D eigenvalue weighted by Crippen LogP contribution is 2.32. The first-order valence-electron chi connectivity index (χ1n) is 10.3. The summed E-state index contributed by atoms with van der Waals surface area (Å²) in [4.78, 5) is 31.0. The largest absolute Gasteiger partial charge is 0.443 e. The first kappa shape index (κ1) is 22.6. The van der Waals surface area contributed by atoms with Crippen LogP contribution in [0.25, 0.3) is 11.3 Å². The van der Waals surface area contributed by atoms with Crippen LogP contribution in [-0.4, -0.2) is 46.7 Å². The number of nitrogen functional groups attached to an aromatic ring is 1. The molecule has 2 aromatic rings. The number of amides is 2. The van der Waals surface area contributed by atoms with Gasteiger partial charge in [-0.05, 0) is 32.9 Å². The molecule has 8 heteroatoms.